The Morgan fingerprint density at radius 3 is 3.13 bits per heavy atom. The summed E-state index contributed by atoms with van der Waals surface area (Å²) in [5, 5.41) is 3.66. The van der Waals surface area contributed by atoms with Gasteiger partial charge in [0.25, 0.3) is 0 Å². The molecular formula is C12H12ClNO. The fraction of sp³-hybridized carbons (Fsp3) is 0.250. The van der Waals surface area contributed by atoms with Crippen LogP contribution in [0.4, 0.5) is 0 Å². The van der Waals surface area contributed by atoms with E-state index < -0.39 is 0 Å². The first kappa shape index (κ1) is 10.2. The average Bonchev–Trinajstić information content (AvgIpc) is 2.60. The van der Waals surface area contributed by atoms with Gasteiger partial charge in [0, 0.05) is 5.02 Å². The molecule has 0 bridgehead atoms. The van der Waals surface area contributed by atoms with Gasteiger partial charge in [-0.15, -0.1) is 0 Å². The maximum Gasteiger partial charge on any atom is 0.243 e. The number of rotatable bonds is 2. The van der Waals surface area contributed by atoms with E-state index in [1.165, 1.54) is 17.2 Å². The Balaban J connectivity index is 2.21. The monoisotopic (exact) mass is 221 g/mol. The lowest BCUT2D eigenvalue weighted by Crippen LogP contribution is -2.24. The number of amides is 1. The Bertz CT molecular complexity index is 414. The molecule has 3 heteroatoms. The summed E-state index contributed by atoms with van der Waals surface area (Å²) in [4.78, 5) is 11.2. The van der Waals surface area contributed by atoms with Crippen molar-refractivity contribution in [2.24, 2.45) is 0 Å². The molecule has 0 aliphatic heterocycles. The predicted molar refractivity (Wildman–Crippen MR) is 60.9 cm³/mol. The maximum atomic E-state index is 11.2. The van der Waals surface area contributed by atoms with Gasteiger partial charge in [0.15, 0.2) is 0 Å². The van der Waals surface area contributed by atoms with E-state index in [9.17, 15) is 4.79 Å². The Morgan fingerprint density at radius 2 is 2.40 bits per heavy atom. The second kappa shape index (κ2) is 4.07. The number of fused-ring (bicyclic) bond motifs is 1. The number of benzene rings is 1. The zero-order chi connectivity index (χ0) is 10.8. The molecule has 1 aromatic rings. The number of carbonyl (C=O) groups excluding carboxylic acids is 1. The molecule has 1 aromatic carbocycles. The molecule has 1 aliphatic carbocycles. The van der Waals surface area contributed by atoms with E-state index in [1.54, 1.807) is 0 Å². The van der Waals surface area contributed by atoms with Crippen molar-refractivity contribution >= 4 is 17.5 Å². The number of aryl methyl sites for hydroxylation is 1. The fourth-order valence-electron chi connectivity index (χ4n) is 1.97. The number of hydrogen-bond acceptors (Lipinski definition) is 1. The molecule has 15 heavy (non-hydrogen) atoms. The van der Waals surface area contributed by atoms with E-state index in [1.807, 2.05) is 18.2 Å². The van der Waals surface area contributed by atoms with Gasteiger partial charge in [0.05, 0.1) is 6.04 Å². The molecular weight excluding hydrogens is 210 g/mol. The van der Waals surface area contributed by atoms with Crippen LogP contribution in [0.5, 0.6) is 0 Å². The SMILES string of the molecule is C=CC(=O)N[C@H]1CCc2cc(Cl)ccc21. The van der Waals surface area contributed by atoms with Gasteiger partial charge in [0.2, 0.25) is 5.91 Å². The zero-order valence-corrected chi connectivity index (χ0v) is 9.05. The summed E-state index contributed by atoms with van der Waals surface area (Å²) in [5.41, 5.74) is 2.41. The molecule has 1 amide bonds. The Labute approximate surface area is 93.9 Å². The molecule has 1 atom stereocenters. The minimum Gasteiger partial charge on any atom is -0.346 e. The second-order valence-corrected chi connectivity index (χ2v) is 4.08. The van der Waals surface area contributed by atoms with E-state index in [4.69, 9.17) is 11.6 Å². The van der Waals surface area contributed by atoms with Crippen molar-refractivity contribution < 1.29 is 4.79 Å². The Hall–Kier alpha value is -1.28. The highest BCUT2D eigenvalue weighted by Gasteiger charge is 2.23. The number of hydrogen-bond donors (Lipinski definition) is 1. The van der Waals surface area contributed by atoms with Gasteiger partial charge in [-0.2, -0.15) is 0 Å². The smallest absolute Gasteiger partial charge is 0.243 e. The molecule has 78 valence electrons. The minimum absolute atomic E-state index is 0.114. The van der Waals surface area contributed by atoms with E-state index in [2.05, 4.69) is 11.9 Å². The van der Waals surface area contributed by atoms with Crippen molar-refractivity contribution in [2.45, 2.75) is 18.9 Å². The van der Waals surface area contributed by atoms with E-state index >= 15 is 0 Å². The lowest BCUT2D eigenvalue weighted by atomic mass is 10.1. The summed E-state index contributed by atoms with van der Waals surface area (Å²) in [6.45, 7) is 3.44. The molecule has 0 spiro atoms. The van der Waals surface area contributed by atoms with Crippen LogP contribution in [0.15, 0.2) is 30.9 Å². The van der Waals surface area contributed by atoms with Crippen LogP contribution in [0, 0.1) is 0 Å². The summed E-state index contributed by atoms with van der Waals surface area (Å²) in [5.74, 6) is -0.122. The van der Waals surface area contributed by atoms with Crippen LogP contribution in [0.2, 0.25) is 5.02 Å². The first-order valence-corrected chi connectivity index (χ1v) is 5.30. The van der Waals surface area contributed by atoms with Crippen molar-refractivity contribution in [3.05, 3.63) is 47.0 Å². The molecule has 2 rings (SSSR count). The molecule has 2 nitrogen and oxygen atoms in total. The highest BCUT2D eigenvalue weighted by Crippen LogP contribution is 2.32. The topological polar surface area (TPSA) is 29.1 Å². The van der Waals surface area contributed by atoms with Crippen molar-refractivity contribution in [1.29, 1.82) is 0 Å². The highest BCUT2D eigenvalue weighted by atomic mass is 35.5. The second-order valence-electron chi connectivity index (χ2n) is 3.65. The molecule has 1 N–H and O–H groups in total. The highest BCUT2D eigenvalue weighted by molar-refractivity contribution is 6.30. The van der Waals surface area contributed by atoms with Gasteiger partial charge in [-0.1, -0.05) is 24.2 Å². The van der Waals surface area contributed by atoms with E-state index in [-0.39, 0.29) is 11.9 Å². The quantitative estimate of drug-likeness (QED) is 0.765. The first-order valence-electron chi connectivity index (χ1n) is 4.92. The minimum atomic E-state index is -0.122. The van der Waals surface area contributed by atoms with Gasteiger partial charge in [-0.3, -0.25) is 4.79 Å². The maximum absolute atomic E-state index is 11.2. The lowest BCUT2D eigenvalue weighted by molar-refractivity contribution is -0.117. The molecule has 0 aromatic heterocycles. The average molecular weight is 222 g/mol. The van der Waals surface area contributed by atoms with Crippen molar-refractivity contribution in [1.82, 2.24) is 5.32 Å². The Kier molecular flexibility index (Phi) is 2.78. The van der Waals surface area contributed by atoms with Crippen LogP contribution < -0.4 is 5.32 Å². The van der Waals surface area contributed by atoms with Crippen LogP contribution in [0.3, 0.4) is 0 Å². The first-order chi connectivity index (χ1) is 7.20. The van der Waals surface area contributed by atoms with Gasteiger partial charge < -0.3 is 5.32 Å². The van der Waals surface area contributed by atoms with E-state index in [0.29, 0.717) is 0 Å². The molecule has 0 saturated carbocycles. The molecule has 0 radical (unpaired) electrons. The summed E-state index contributed by atoms with van der Waals surface area (Å²) < 4.78 is 0. The summed E-state index contributed by atoms with van der Waals surface area (Å²) >= 11 is 5.90. The summed E-state index contributed by atoms with van der Waals surface area (Å²) in [6.07, 6.45) is 3.21. The van der Waals surface area contributed by atoms with Crippen LogP contribution in [0.1, 0.15) is 23.6 Å². The predicted octanol–water partition coefficient (Wildman–Crippen LogP) is 2.63. The third-order valence-electron chi connectivity index (χ3n) is 2.68. The Morgan fingerprint density at radius 1 is 1.60 bits per heavy atom. The van der Waals surface area contributed by atoms with Gasteiger partial charge >= 0.3 is 0 Å². The molecule has 0 saturated heterocycles. The largest absolute Gasteiger partial charge is 0.346 e. The third kappa shape index (κ3) is 2.05. The summed E-state index contributed by atoms with van der Waals surface area (Å²) in [7, 11) is 0. The fourth-order valence-corrected chi connectivity index (χ4v) is 2.16. The molecule has 0 heterocycles. The molecule has 1 aliphatic rings. The van der Waals surface area contributed by atoms with Crippen LogP contribution in [-0.4, -0.2) is 5.91 Å². The van der Waals surface area contributed by atoms with Crippen LogP contribution in [0.25, 0.3) is 0 Å². The lowest BCUT2D eigenvalue weighted by Gasteiger charge is -2.12. The van der Waals surface area contributed by atoms with Gasteiger partial charge in [0.1, 0.15) is 0 Å². The zero-order valence-electron chi connectivity index (χ0n) is 8.29. The number of carbonyl (C=O) groups is 1. The normalized spacial score (nSPS) is 18.3. The van der Waals surface area contributed by atoms with Crippen LogP contribution in [-0.2, 0) is 11.2 Å². The van der Waals surface area contributed by atoms with Crippen LogP contribution >= 0.6 is 11.6 Å². The van der Waals surface area contributed by atoms with Crippen molar-refractivity contribution in [3.63, 3.8) is 0 Å². The van der Waals surface area contributed by atoms with Gasteiger partial charge in [-0.25, -0.2) is 0 Å². The van der Waals surface area contributed by atoms with Crippen molar-refractivity contribution in [3.8, 4) is 0 Å². The van der Waals surface area contributed by atoms with Gasteiger partial charge in [-0.05, 0) is 42.2 Å². The van der Waals surface area contributed by atoms with Crippen molar-refractivity contribution in [2.75, 3.05) is 0 Å². The standard InChI is InChI=1S/C12H12ClNO/c1-2-12(15)14-11-6-3-8-7-9(13)4-5-10(8)11/h2,4-5,7,11H,1,3,6H2,(H,14,15)/t11-/m0/s1. The number of nitrogens with one attached hydrogen (secondary N) is 1. The van der Waals surface area contributed by atoms with E-state index in [0.717, 1.165) is 17.9 Å². The number of halogens is 1. The third-order valence-corrected chi connectivity index (χ3v) is 2.92. The molecule has 0 unspecified atom stereocenters. The molecule has 0 fully saturated rings. The summed E-state index contributed by atoms with van der Waals surface area (Å²) in [6, 6.07) is 5.93.